The van der Waals surface area contributed by atoms with Crippen LogP contribution in [-0.2, 0) is 0 Å². The van der Waals surface area contributed by atoms with E-state index < -0.39 is 12.0 Å². The highest BCUT2D eigenvalue weighted by Crippen LogP contribution is 2.44. The highest BCUT2D eigenvalue weighted by molar-refractivity contribution is 7.80. The van der Waals surface area contributed by atoms with Crippen LogP contribution in [0.15, 0.2) is 114 Å². The number of carboxylic acid groups (broad SMARTS) is 1. The molecule has 0 amide bonds. The van der Waals surface area contributed by atoms with Gasteiger partial charge in [-0.15, -0.1) is 0 Å². The van der Waals surface area contributed by atoms with E-state index in [1.54, 1.807) is 18.3 Å². The first-order valence-electron chi connectivity index (χ1n) is 12.4. The number of furan rings is 1. The second-order valence-electron chi connectivity index (χ2n) is 9.11. The number of ether oxygens (including phenoxy) is 1. The van der Waals surface area contributed by atoms with Gasteiger partial charge in [0.05, 0.1) is 22.3 Å². The van der Waals surface area contributed by atoms with Crippen molar-refractivity contribution in [2.45, 2.75) is 12.1 Å². The molecule has 2 N–H and O–H groups in total. The monoisotopic (exact) mass is 567 g/mol. The van der Waals surface area contributed by atoms with Crippen LogP contribution in [0.5, 0.6) is 11.5 Å². The summed E-state index contributed by atoms with van der Waals surface area (Å²) in [6.07, 6.45) is 1.74. The number of hydrogen-bond acceptors (Lipinski definition) is 5. The SMILES string of the molecule is O=C(O)c1ccc(Cl)c(-c2ccc(C3C(c4ccccn4)NC(=S)N3c3ccc(Oc4ccccc4)cc3)o2)c1. The molecule has 0 radical (unpaired) electrons. The number of nitrogens with zero attached hydrogens (tertiary/aromatic N) is 2. The molecule has 2 atom stereocenters. The molecule has 2 aromatic heterocycles. The molecule has 5 aromatic rings. The normalized spacial score (nSPS) is 16.5. The second kappa shape index (κ2) is 10.8. The van der Waals surface area contributed by atoms with E-state index in [4.69, 9.17) is 33.0 Å². The Labute approximate surface area is 240 Å². The molecular weight excluding hydrogens is 546 g/mol. The van der Waals surface area contributed by atoms with Crippen LogP contribution in [0.1, 0.15) is 33.9 Å². The number of carbonyl (C=O) groups is 1. The molecule has 0 spiro atoms. The van der Waals surface area contributed by atoms with E-state index in [9.17, 15) is 9.90 Å². The number of aromatic nitrogens is 1. The molecule has 40 heavy (non-hydrogen) atoms. The van der Waals surface area contributed by atoms with Crippen molar-refractivity contribution in [1.82, 2.24) is 10.3 Å². The van der Waals surface area contributed by atoms with Gasteiger partial charge >= 0.3 is 5.97 Å². The van der Waals surface area contributed by atoms with Crippen LogP contribution >= 0.6 is 23.8 Å². The maximum absolute atomic E-state index is 11.6. The first-order chi connectivity index (χ1) is 19.5. The van der Waals surface area contributed by atoms with Gasteiger partial charge in [-0.25, -0.2) is 4.79 Å². The number of nitrogens with one attached hydrogen (secondary N) is 1. The molecular formula is C31H22ClN3O4S. The summed E-state index contributed by atoms with van der Waals surface area (Å²) in [6, 6.07) is 30.4. The average Bonchev–Trinajstić information content (AvgIpc) is 3.59. The quantitative estimate of drug-likeness (QED) is 0.194. The van der Waals surface area contributed by atoms with Gasteiger partial charge in [0, 0.05) is 17.4 Å². The van der Waals surface area contributed by atoms with Crippen molar-refractivity contribution >= 4 is 40.6 Å². The molecule has 9 heteroatoms. The zero-order valence-corrected chi connectivity index (χ0v) is 22.5. The Kier molecular flexibility index (Phi) is 6.94. The van der Waals surface area contributed by atoms with Crippen LogP contribution in [0.2, 0.25) is 5.02 Å². The number of carboxylic acids is 1. The maximum atomic E-state index is 11.6. The molecule has 1 aliphatic rings. The first kappa shape index (κ1) is 25.6. The van der Waals surface area contributed by atoms with E-state index in [2.05, 4.69) is 10.3 Å². The molecule has 1 fully saturated rings. The predicted octanol–water partition coefficient (Wildman–Crippen LogP) is 7.66. The molecule has 1 saturated heterocycles. The van der Waals surface area contributed by atoms with Gasteiger partial charge in [0.15, 0.2) is 5.11 Å². The van der Waals surface area contributed by atoms with Crippen molar-refractivity contribution in [1.29, 1.82) is 0 Å². The fraction of sp³-hybridized carbons (Fsp3) is 0.0645. The van der Waals surface area contributed by atoms with Crippen molar-refractivity contribution in [3.05, 3.63) is 131 Å². The minimum atomic E-state index is -1.05. The molecule has 2 unspecified atom stereocenters. The summed E-state index contributed by atoms with van der Waals surface area (Å²) in [6.45, 7) is 0. The van der Waals surface area contributed by atoms with E-state index >= 15 is 0 Å². The third-order valence-electron chi connectivity index (χ3n) is 6.59. The summed E-state index contributed by atoms with van der Waals surface area (Å²) < 4.78 is 12.3. The Hall–Kier alpha value is -4.66. The predicted molar refractivity (Wildman–Crippen MR) is 157 cm³/mol. The fourth-order valence-corrected chi connectivity index (χ4v) is 5.28. The highest BCUT2D eigenvalue weighted by Gasteiger charge is 2.42. The van der Waals surface area contributed by atoms with Gasteiger partial charge in [-0.2, -0.15) is 0 Å². The summed E-state index contributed by atoms with van der Waals surface area (Å²) in [4.78, 5) is 18.1. The van der Waals surface area contributed by atoms with Crippen molar-refractivity contribution in [2.24, 2.45) is 0 Å². The van der Waals surface area contributed by atoms with Gasteiger partial charge in [-0.3, -0.25) is 4.98 Å². The standard InChI is InChI=1S/C31H22ClN3O4S/c32-24-14-9-19(30(36)37)18-23(24)26-15-16-27(39-26)29-28(25-8-4-5-17-33-25)34-31(40)35(29)20-10-12-22(13-11-20)38-21-6-2-1-3-7-21/h1-18,28-29H,(H,34,40)(H,36,37). The van der Waals surface area contributed by atoms with Gasteiger partial charge in [-0.05, 0) is 91.1 Å². The minimum Gasteiger partial charge on any atom is -0.478 e. The molecule has 0 saturated carbocycles. The van der Waals surface area contributed by atoms with Crippen LogP contribution < -0.4 is 15.0 Å². The van der Waals surface area contributed by atoms with E-state index in [0.29, 0.717) is 33.0 Å². The maximum Gasteiger partial charge on any atom is 0.335 e. The van der Waals surface area contributed by atoms with Crippen molar-refractivity contribution in [3.8, 4) is 22.8 Å². The zero-order chi connectivity index (χ0) is 27.6. The number of anilines is 1. The number of hydrogen-bond donors (Lipinski definition) is 2. The van der Waals surface area contributed by atoms with Gasteiger partial charge in [0.2, 0.25) is 0 Å². The lowest BCUT2D eigenvalue weighted by atomic mass is 10.0. The molecule has 3 heterocycles. The van der Waals surface area contributed by atoms with Gasteiger partial charge in [0.1, 0.15) is 29.1 Å². The fourth-order valence-electron chi connectivity index (χ4n) is 4.72. The van der Waals surface area contributed by atoms with Crippen LogP contribution in [0.25, 0.3) is 11.3 Å². The lowest BCUT2D eigenvalue weighted by Crippen LogP contribution is -2.29. The third kappa shape index (κ3) is 5.02. The molecule has 7 nitrogen and oxygen atoms in total. The van der Waals surface area contributed by atoms with Gasteiger partial charge in [-0.1, -0.05) is 35.9 Å². The summed E-state index contributed by atoms with van der Waals surface area (Å²) in [5.74, 6) is 1.46. The Morgan fingerprint density at radius 2 is 1.70 bits per heavy atom. The number of thiocarbonyl (C=S) groups is 1. The number of rotatable bonds is 7. The van der Waals surface area contributed by atoms with Crippen LogP contribution in [0.4, 0.5) is 5.69 Å². The lowest BCUT2D eigenvalue weighted by molar-refractivity contribution is 0.0697. The Bertz CT molecular complexity index is 1680. The average molecular weight is 568 g/mol. The summed E-state index contributed by atoms with van der Waals surface area (Å²) >= 11 is 12.2. The van der Waals surface area contributed by atoms with Crippen molar-refractivity contribution < 1.29 is 19.1 Å². The van der Waals surface area contributed by atoms with Gasteiger partial charge in [0.25, 0.3) is 0 Å². The van der Waals surface area contributed by atoms with E-state index in [-0.39, 0.29) is 11.6 Å². The van der Waals surface area contributed by atoms with Crippen LogP contribution in [0.3, 0.4) is 0 Å². The Morgan fingerprint density at radius 3 is 2.42 bits per heavy atom. The first-order valence-corrected chi connectivity index (χ1v) is 13.2. The smallest absolute Gasteiger partial charge is 0.335 e. The zero-order valence-electron chi connectivity index (χ0n) is 20.9. The summed E-state index contributed by atoms with van der Waals surface area (Å²) in [5, 5.41) is 13.8. The molecule has 1 aliphatic heterocycles. The molecule has 3 aromatic carbocycles. The second-order valence-corrected chi connectivity index (χ2v) is 9.90. The molecule has 0 bridgehead atoms. The number of halogens is 1. The summed E-state index contributed by atoms with van der Waals surface area (Å²) in [7, 11) is 0. The Morgan fingerprint density at radius 1 is 0.950 bits per heavy atom. The van der Waals surface area contributed by atoms with Crippen molar-refractivity contribution in [2.75, 3.05) is 4.90 Å². The van der Waals surface area contributed by atoms with Crippen LogP contribution in [0, 0.1) is 0 Å². The Balaban J connectivity index is 1.38. The lowest BCUT2D eigenvalue weighted by Gasteiger charge is -2.26. The van der Waals surface area contributed by atoms with Crippen molar-refractivity contribution in [3.63, 3.8) is 0 Å². The number of pyridine rings is 1. The number of aromatic carboxylic acids is 1. The molecule has 198 valence electrons. The highest BCUT2D eigenvalue weighted by atomic mass is 35.5. The minimum absolute atomic E-state index is 0.117. The van der Waals surface area contributed by atoms with E-state index in [1.807, 2.05) is 83.8 Å². The molecule has 0 aliphatic carbocycles. The topological polar surface area (TPSA) is 87.8 Å². The van der Waals surface area contributed by atoms with Crippen LogP contribution in [-0.4, -0.2) is 21.2 Å². The van der Waals surface area contributed by atoms with E-state index in [1.165, 1.54) is 12.1 Å². The largest absolute Gasteiger partial charge is 0.478 e. The number of benzene rings is 3. The summed E-state index contributed by atoms with van der Waals surface area (Å²) in [5.41, 5.74) is 2.24. The number of para-hydroxylation sites is 1. The molecule has 6 rings (SSSR count). The van der Waals surface area contributed by atoms with E-state index in [0.717, 1.165) is 17.1 Å². The third-order valence-corrected chi connectivity index (χ3v) is 7.23. The van der Waals surface area contributed by atoms with Gasteiger partial charge < -0.3 is 24.5 Å².